The van der Waals surface area contributed by atoms with Crippen molar-refractivity contribution >= 4 is 39.5 Å². The summed E-state index contributed by atoms with van der Waals surface area (Å²) in [5.74, 6) is 0.941. The maximum atomic E-state index is 10.8. The van der Waals surface area contributed by atoms with Gasteiger partial charge in [0.1, 0.15) is 17.1 Å². The predicted molar refractivity (Wildman–Crippen MR) is 118 cm³/mol. The molecule has 0 radical (unpaired) electrons. The van der Waals surface area contributed by atoms with Crippen molar-refractivity contribution in [3.05, 3.63) is 35.1 Å². The second-order valence-electron chi connectivity index (χ2n) is 7.75. The molecule has 5 rings (SSSR count). The number of hydrogen-bond donors (Lipinski definition) is 2. The van der Waals surface area contributed by atoms with Crippen molar-refractivity contribution in [1.82, 2.24) is 30.0 Å². The van der Waals surface area contributed by atoms with E-state index in [2.05, 4.69) is 25.3 Å². The number of nitrogens with one attached hydrogen (secondary N) is 1. The van der Waals surface area contributed by atoms with E-state index >= 15 is 0 Å². The molecule has 2 N–H and O–H groups in total. The Labute approximate surface area is 178 Å². The Morgan fingerprint density at radius 2 is 2.07 bits per heavy atom. The van der Waals surface area contributed by atoms with Crippen LogP contribution >= 0.6 is 11.6 Å². The topological polar surface area (TPSA) is 92.0 Å². The molecule has 1 atom stereocenters. The summed E-state index contributed by atoms with van der Waals surface area (Å²) >= 11 is 6.59. The summed E-state index contributed by atoms with van der Waals surface area (Å²) in [7, 11) is 3.83. The Hall–Kier alpha value is -2.97. The second kappa shape index (κ2) is 7.07. The van der Waals surface area contributed by atoms with Crippen LogP contribution in [0.15, 0.2) is 24.5 Å². The Morgan fingerprint density at radius 1 is 1.23 bits per heavy atom. The standard InChI is InChI=1S/C21H22ClN7O/c1-11-18-12(9-28(3)27-18)6-14(20(11)30)16-7-15(22)19-21(25-16)24-8-17(26-19)29-5-4-13(10-29)23-2/h6-9,13,23,30H,4-5,10H2,1-3H3/t13-/m0/s1. The quantitative estimate of drug-likeness (QED) is 0.523. The number of aryl methyl sites for hydroxylation is 2. The maximum Gasteiger partial charge on any atom is 0.180 e. The number of halogens is 1. The molecular weight excluding hydrogens is 402 g/mol. The Balaban J connectivity index is 1.59. The third-order valence-corrected chi connectivity index (χ3v) is 6.06. The van der Waals surface area contributed by atoms with Crippen molar-refractivity contribution in [2.24, 2.45) is 7.05 Å². The van der Waals surface area contributed by atoms with Crippen LogP contribution < -0.4 is 10.2 Å². The highest BCUT2D eigenvalue weighted by Gasteiger charge is 2.23. The van der Waals surface area contributed by atoms with Crippen LogP contribution in [-0.2, 0) is 7.05 Å². The third-order valence-electron chi connectivity index (χ3n) is 5.78. The van der Waals surface area contributed by atoms with Crippen molar-refractivity contribution in [3.63, 3.8) is 0 Å². The molecule has 0 saturated carbocycles. The SMILES string of the molecule is CN[C@H]1CCN(c2cnc3nc(-c4cc5cn(C)nc5c(C)c4O)cc(Cl)c3n2)C1. The highest BCUT2D eigenvalue weighted by atomic mass is 35.5. The lowest BCUT2D eigenvalue weighted by molar-refractivity contribution is 0.474. The van der Waals surface area contributed by atoms with E-state index in [0.717, 1.165) is 36.2 Å². The molecule has 1 aliphatic heterocycles. The van der Waals surface area contributed by atoms with Gasteiger partial charge in [-0.2, -0.15) is 5.10 Å². The van der Waals surface area contributed by atoms with E-state index in [-0.39, 0.29) is 5.75 Å². The van der Waals surface area contributed by atoms with Gasteiger partial charge in [0.25, 0.3) is 0 Å². The minimum absolute atomic E-state index is 0.142. The summed E-state index contributed by atoms with van der Waals surface area (Å²) < 4.78 is 1.73. The molecule has 0 unspecified atom stereocenters. The molecule has 0 amide bonds. The lowest BCUT2D eigenvalue weighted by Crippen LogP contribution is -2.29. The van der Waals surface area contributed by atoms with Gasteiger partial charge in [0, 0.05) is 48.9 Å². The zero-order valence-electron chi connectivity index (χ0n) is 17.0. The molecule has 0 bridgehead atoms. The number of hydrogen-bond acceptors (Lipinski definition) is 7. The van der Waals surface area contributed by atoms with Gasteiger partial charge >= 0.3 is 0 Å². The predicted octanol–water partition coefficient (Wildman–Crippen LogP) is 3.04. The molecule has 1 aromatic carbocycles. The molecule has 3 aromatic heterocycles. The lowest BCUT2D eigenvalue weighted by Gasteiger charge is -2.17. The van der Waals surface area contributed by atoms with E-state index in [4.69, 9.17) is 16.6 Å². The fourth-order valence-electron chi connectivity index (χ4n) is 4.08. The summed E-state index contributed by atoms with van der Waals surface area (Å²) in [6.45, 7) is 3.66. The van der Waals surface area contributed by atoms with Crippen molar-refractivity contribution in [1.29, 1.82) is 0 Å². The molecule has 4 aromatic rings. The molecule has 0 aliphatic carbocycles. The largest absolute Gasteiger partial charge is 0.507 e. The van der Waals surface area contributed by atoms with E-state index < -0.39 is 0 Å². The zero-order valence-corrected chi connectivity index (χ0v) is 17.8. The normalized spacial score (nSPS) is 16.8. The van der Waals surface area contributed by atoms with E-state index in [9.17, 15) is 5.11 Å². The number of pyridine rings is 1. The summed E-state index contributed by atoms with van der Waals surface area (Å²) in [5.41, 5.74) is 3.63. The van der Waals surface area contributed by atoms with Crippen molar-refractivity contribution < 1.29 is 5.11 Å². The number of aromatic hydroxyl groups is 1. The van der Waals surface area contributed by atoms with Gasteiger partial charge < -0.3 is 15.3 Å². The first-order valence-electron chi connectivity index (χ1n) is 9.86. The number of rotatable bonds is 3. The van der Waals surface area contributed by atoms with Crippen LogP contribution in [0, 0.1) is 6.92 Å². The van der Waals surface area contributed by atoms with Crippen LogP contribution in [0.25, 0.3) is 33.3 Å². The average Bonchev–Trinajstić information content (AvgIpc) is 3.36. The molecule has 1 saturated heterocycles. The van der Waals surface area contributed by atoms with Gasteiger partial charge in [0.2, 0.25) is 0 Å². The molecule has 1 aliphatic rings. The third kappa shape index (κ3) is 3.03. The van der Waals surface area contributed by atoms with Crippen LogP contribution in [0.4, 0.5) is 5.82 Å². The fourth-order valence-corrected chi connectivity index (χ4v) is 4.31. The van der Waals surface area contributed by atoms with Gasteiger partial charge in [-0.3, -0.25) is 4.68 Å². The summed E-state index contributed by atoms with van der Waals surface area (Å²) in [5, 5.41) is 19.9. The molecule has 154 valence electrons. The first-order valence-corrected chi connectivity index (χ1v) is 10.2. The monoisotopic (exact) mass is 423 g/mol. The molecule has 1 fully saturated rings. The molecule has 4 heterocycles. The lowest BCUT2D eigenvalue weighted by atomic mass is 10.0. The van der Waals surface area contributed by atoms with Crippen molar-refractivity contribution in [3.8, 4) is 17.0 Å². The maximum absolute atomic E-state index is 10.8. The first-order chi connectivity index (χ1) is 14.4. The number of phenolic OH excluding ortho intramolecular Hbond substituents is 1. The van der Waals surface area contributed by atoms with Gasteiger partial charge in [0.15, 0.2) is 5.65 Å². The number of nitrogens with zero attached hydrogens (tertiary/aromatic N) is 6. The second-order valence-corrected chi connectivity index (χ2v) is 8.16. The Morgan fingerprint density at radius 3 is 2.83 bits per heavy atom. The summed E-state index contributed by atoms with van der Waals surface area (Å²) in [6.07, 6.45) is 4.72. The summed E-state index contributed by atoms with van der Waals surface area (Å²) in [4.78, 5) is 16.1. The van der Waals surface area contributed by atoms with Crippen molar-refractivity contribution in [2.45, 2.75) is 19.4 Å². The number of aromatic nitrogens is 5. The molecular formula is C21H22ClN7O. The van der Waals surface area contributed by atoms with Crippen LogP contribution in [0.2, 0.25) is 5.02 Å². The first kappa shape index (κ1) is 19.0. The van der Waals surface area contributed by atoms with E-state index in [0.29, 0.717) is 39.0 Å². The highest BCUT2D eigenvalue weighted by Crippen LogP contribution is 2.38. The van der Waals surface area contributed by atoms with Gasteiger partial charge in [-0.25, -0.2) is 15.0 Å². The number of phenols is 1. The van der Waals surface area contributed by atoms with Gasteiger partial charge in [-0.15, -0.1) is 0 Å². The highest BCUT2D eigenvalue weighted by molar-refractivity contribution is 6.35. The zero-order chi connectivity index (χ0) is 21.0. The van der Waals surface area contributed by atoms with E-state index in [1.807, 2.05) is 33.3 Å². The minimum atomic E-state index is 0.142. The van der Waals surface area contributed by atoms with Crippen LogP contribution in [-0.4, -0.2) is 56.0 Å². The Kier molecular flexibility index (Phi) is 4.48. The van der Waals surface area contributed by atoms with Crippen LogP contribution in [0.5, 0.6) is 5.75 Å². The fraction of sp³-hybridized carbons (Fsp3) is 0.333. The molecule has 8 nitrogen and oxygen atoms in total. The van der Waals surface area contributed by atoms with Crippen LogP contribution in [0.3, 0.4) is 0 Å². The van der Waals surface area contributed by atoms with Gasteiger partial charge in [-0.05, 0) is 32.5 Å². The molecule has 9 heteroatoms. The van der Waals surface area contributed by atoms with Gasteiger partial charge in [-0.1, -0.05) is 11.6 Å². The number of likely N-dealkylation sites (N-methyl/N-ethyl adjacent to an activating group) is 1. The van der Waals surface area contributed by atoms with E-state index in [1.165, 1.54) is 0 Å². The average molecular weight is 424 g/mol. The number of anilines is 1. The number of fused-ring (bicyclic) bond motifs is 2. The summed E-state index contributed by atoms with van der Waals surface area (Å²) in [6, 6.07) is 4.06. The minimum Gasteiger partial charge on any atom is -0.507 e. The molecule has 0 spiro atoms. The van der Waals surface area contributed by atoms with Gasteiger partial charge in [0.05, 0.1) is 22.4 Å². The smallest absolute Gasteiger partial charge is 0.180 e. The van der Waals surface area contributed by atoms with E-state index in [1.54, 1.807) is 16.9 Å². The molecule has 30 heavy (non-hydrogen) atoms. The Bertz CT molecular complexity index is 1290. The number of benzene rings is 1. The van der Waals surface area contributed by atoms with Crippen molar-refractivity contribution in [2.75, 3.05) is 25.0 Å². The van der Waals surface area contributed by atoms with Crippen LogP contribution in [0.1, 0.15) is 12.0 Å².